The zero-order valence-corrected chi connectivity index (χ0v) is 21.0. The van der Waals surface area contributed by atoms with Crippen LogP contribution in [-0.2, 0) is 9.59 Å². The van der Waals surface area contributed by atoms with E-state index in [9.17, 15) is 9.59 Å². The van der Waals surface area contributed by atoms with E-state index in [2.05, 4.69) is 10.6 Å². The van der Waals surface area contributed by atoms with Gasteiger partial charge in [-0.25, -0.2) is 0 Å². The van der Waals surface area contributed by atoms with Crippen molar-refractivity contribution in [3.8, 4) is 0 Å². The Morgan fingerprint density at radius 3 is 0.912 bits per heavy atom. The van der Waals surface area contributed by atoms with Crippen molar-refractivity contribution in [2.75, 3.05) is 0 Å². The Morgan fingerprint density at radius 2 is 0.676 bits per heavy atom. The number of amides is 2. The van der Waals surface area contributed by atoms with Crippen molar-refractivity contribution in [3.63, 3.8) is 0 Å². The Bertz CT molecular complexity index is 752. The molecule has 11 aliphatic rings. The van der Waals surface area contributed by atoms with Crippen LogP contribution in [-0.4, -0.2) is 22.9 Å². The van der Waals surface area contributed by atoms with Crippen molar-refractivity contribution >= 4 is 11.8 Å². The van der Waals surface area contributed by atoms with Gasteiger partial charge in [0.15, 0.2) is 0 Å². The second-order valence-corrected chi connectivity index (χ2v) is 15.4. The minimum atomic E-state index is -0.0395. The van der Waals surface area contributed by atoms with Crippen LogP contribution in [0.2, 0.25) is 0 Å². The van der Waals surface area contributed by atoms with E-state index >= 15 is 0 Å². The second-order valence-electron chi connectivity index (χ2n) is 15.4. The number of rotatable bonds is 4. The molecular formula is C30H44N2O2. The zero-order valence-electron chi connectivity index (χ0n) is 21.0. The molecule has 2 amide bonds. The van der Waals surface area contributed by atoms with E-state index in [0.717, 1.165) is 113 Å². The van der Waals surface area contributed by atoms with Crippen molar-refractivity contribution in [3.05, 3.63) is 0 Å². The summed E-state index contributed by atoms with van der Waals surface area (Å²) >= 11 is 0. The summed E-state index contributed by atoms with van der Waals surface area (Å²) in [7, 11) is 0. The van der Waals surface area contributed by atoms with Gasteiger partial charge in [-0.15, -0.1) is 0 Å². The molecule has 11 saturated carbocycles. The second kappa shape index (κ2) is 6.82. The van der Waals surface area contributed by atoms with Gasteiger partial charge in [0.1, 0.15) is 0 Å². The van der Waals surface area contributed by atoms with Crippen LogP contribution in [0.1, 0.15) is 116 Å². The molecule has 0 radical (unpaired) electrons. The first-order valence-corrected chi connectivity index (χ1v) is 15.0. The van der Waals surface area contributed by atoms with Gasteiger partial charge in [-0.05, 0) is 151 Å². The van der Waals surface area contributed by atoms with Crippen LogP contribution in [0.5, 0.6) is 0 Å². The summed E-state index contributed by atoms with van der Waals surface area (Å²) in [6.45, 7) is 0. The predicted octanol–water partition coefficient (Wildman–Crippen LogP) is 5.50. The first kappa shape index (κ1) is 21.1. The molecule has 4 nitrogen and oxygen atoms in total. The first-order chi connectivity index (χ1) is 16.3. The van der Waals surface area contributed by atoms with E-state index < -0.39 is 0 Å². The maximum Gasteiger partial charge on any atom is 0.226 e. The van der Waals surface area contributed by atoms with Crippen molar-refractivity contribution in [1.29, 1.82) is 0 Å². The molecule has 34 heavy (non-hydrogen) atoms. The van der Waals surface area contributed by atoms with Crippen LogP contribution in [0, 0.1) is 46.3 Å². The molecule has 0 heterocycles. The number of fused-ring (bicyclic) bond motifs is 3. The maximum atomic E-state index is 13.8. The normalized spacial score (nSPS) is 56.0. The van der Waals surface area contributed by atoms with Crippen LogP contribution in [0.25, 0.3) is 0 Å². The molecular weight excluding hydrogens is 420 g/mol. The molecule has 0 spiro atoms. The van der Waals surface area contributed by atoms with Crippen LogP contribution in [0.3, 0.4) is 0 Å². The molecule has 10 bridgehead atoms. The highest BCUT2D eigenvalue weighted by molar-refractivity contribution is 5.85. The third-order valence-electron chi connectivity index (χ3n) is 13.0. The molecule has 0 saturated heterocycles. The van der Waals surface area contributed by atoms with Crippen LogP contribution in [0.4, 0.5) is 0 Å². The molecule has 2 N–H and O–H groups in total. The zero-order chi connectivity index (χ0) is 22.8. The lowest BCUT2D eigenvalue weighted by molar-refractivity contribution is -0.153. The van der Waals surface area contributed by atoms with Gasteiger partial charge in [0.2, 0.25) is 11.8 Å². The standard InChI is InChI=1S/C30H44N2O2/c33-25(27-13-19-7-20(14-27)9-21(8-19)15-27)31-29-1-2-30(5-3-29,6-4-29)32-26(34)28-16-22-10-23(17-28)12-24(11-22)18-28/h19-24H,1-18H2,(H,31,33)(H,32,34). The third-order valence-corrected chi connectivity index (χ3v) is 13.0. The average Bonchev–Trinajstić information content (AvgIpc) is 2.78. The number of carbonyl (C=O) groups is 2. The summed E-state index contributed by atoms with van der Waals surface area (Å²) in [5.74, 6) is 5.75. The van der Waals surface area contributed by atoms with Gasteiger partial charge in [-0.1, -0.05) is 0 Å². The summed E-state index contributed by atoms with van der Waals surface area (Å²) in [5, 5.41) is 7.41. The lowest BCUT2D eigenvalue weighted by Crippen LogP contribution is -2.67. The van der Waals surface area contributed by atoms with Crippen molar-refractivity contribution in [1.82, 2.24) is 10.6 Å². The minimum Gasteiger partial charge on any atom is -0.350 e. The molecule has 0 unspecified atom stereocenters. The van der Waals surface area contributed by atoms with E-state index in [-0.39, 0.29) is 21.9 Å². The fraction of sp³-hybridized carbons (Fsp3) is 0.933. The Morgan fingerprint density at radius 1 is 0.441 bits per heavy atom. The van der Waals surface area contributed by atoms with E-state index in [1.165, 1.54) is 38.5 Å². The monoisotopic (exact) mass is 464 g/mol. The van der Waals surface area contributed by atoms with Crippen molar-refractivity contribution < 1.29 is 9.59 Å². The summed E-state index contributed by atoms with van der Waals surface area (Å²) < 4.78 is 0. The summed E-state index contributed by atoms with van der Waals surface area (Å²) in [5.41, 5.74) is -0.0639. The Balaban J connectivity index is 0.940. The number of carbonyl (C=O) groups excluding carboxylic acids is 2. The lowest BCUT2D eigenvalue weighted by atomic mass is 9.49. The largest absolute Gasteiger partial charge is 0.350 e. The fourth-order valence-corrected chi connectivity index (χ4v) is 12.1. The Hall–Kier alpha value is -1.06. The molecule has 0 aromatic heterocycles. The minimum absolute atomic E-state index is 0.00752. The smallest absolute Gasteiger partial charge is 0.226 e. The predicted molar refractivity (Wildman–Crippen MR) is 131 cm³/mol. The van der Waals surface area contributed by atoms with Gasteiger partial charge >= 0.3 is 0 Å². The van der Waals surface area contributed by atoms with E-state index in [1.807, 2.05) is 0 Å². The maximum absolute atomic E-state index is 13.8. The number of hydrogen-bond acceptors (Lipinski definition) is 2. The Labute approximate surface area is 205 Å². The van der Waals surface area contributed by atoms with Gasteiger partial charge in [-0.2, -0.15) is 0 Å². The highest BCUT2D eigenvalue weighted by atomic mass is 16.2. The number of hydrogen-bond donors (Lipinski definition) is 2. The van der Waals surface area contributed by atoms with Crippen LogP contribution in [0.15, 0.2) is 0 Å². The molecule has 11 fully saturated rings. The van der Waals surface area contributed by atoms with Gasteiger partial charge in [0, 0.05) is 21.9 Å². The van der Waals surface area contributed by atoms with Crippen LogP contribution >= 0.6 is 0 Å². The van der Waals surface area contributed by atoms with Gasteiger partial charge in [0.25, 0.3) is 0 Å². The quantitative estimate of drug-likeness (QED) is 0.577. The lowest BCUT2D eigenvalue weighted by Gasteiger charge is -2.59. The van der Waals surface area contributed by atoms with E-state index in [4.69, 9.17) is 0 Å². The van der Waals surface area contributed by atoms with E-state index in [0.29, 0.717) is 11.8 Å². The van der Waals surface area contributed by atoms with Gasteiger partial charge < -0.3 is 10.6 Å². The van der Waals surface area contributed by atoms with Crippen molar-refractivity contribution in [2.24, 2.45) is 46.3 Å². The first-order valence-electron chi connectivity index (χ1n) is 15.0. The molecule has 0 atom stereocenters. The average molecular weight is 465 g/mol. The summed E-state index contributed by atoms with van der Waals surface area (Å²) in [4.78, 5) is 27.6. The SMILES string of the molecule is O=C(NC12CCC(NC(=O)C34CC5CC(CC(C5)C3)C4)(CC1)CC2)C12CC3CC(CC(C3)C1)C2. The topological polar surface area (TPSA) is 58.2 Å². The van der Waals surface area contributed by atoms with Gasteiger partial charge in [0.05, 0.1) is 0 Å². The van der Waals surface area contributed by atoms with E-state index in [1.54, 1.807) is 0 Å². The molecule has 11 rings (SSSR count). The highest BCUT2D eigenvalue weighted by Crippen LogP contribution is 2.62. The summed E-state index contributed by atoms with van der Waals surface area (Å²) in [6.07, 6.45) is 21.7. The molecule has 0 aromatic carbocycles. The summed E-state index contributed by atoms with van der Waals surface area (Å²) in [6, 6.07) is 0. The molecule has 11 aliphatic carbocycles. The van der Waals surface area contributed by atoms with Gasteiger partial charge in [-0.3, -0.25) is 9.59 Å². The van der Waals surface area contributed by atoms with Crippen molar-refractivity contribution in [2.45, 2.75) is 127 Å². The fourth-order valence-electron chi connectivity index (χ4n) is 12.1. The molecule has 0 aliphatic heterocycles. The highest BCUT2D eigenvalue weighted by Gasteiger charge is 2.59. The third kappa shape index (κ3) is 3.01. The Kier molecular flexibility index (Phi) is 4.23. The molecule has 4 heteroatoms. The van der Waals surface area contributed by atoms with Crippen LogP contribution < -0.4 is 10.6 Å². The molecule has 0 aromatic rings. The number of nitrogens with one attached hydrogen (secondary N) is 2. The molecule has 186 valence electrons.